The van der Waals surface area contributed by atoms with Crippen LogP contribution in [0.15, 0.2) is 36.4 Å². The summed E-state index contributed by atoms with van der Waals surface area (Å²) in [5.41, 5.74) is 1.46. The molecule has 1 unspecified atom stereocenters. The van der Waals surface area contributed by atoms with E-state index < -0.39 is 0 Å². The maximum Gasteiger partial charge on any atom is 0.123 e. The van der Waals surface area contributed by atoms with Crippen molar-refractivity contribution in [2.24, 2.45) is 0 Å². The Morgan fingerprint density at radius 3 is 2.40 bits per heavy atom. The molecule has 0 aromatic heterocycles. The number of hydrogen-bond acceptors (Lipinski definition) is 1. The Morgan fingerprint density at radius 2 is 1.75 bits per heavy atom. The van der Waals surface area contributed by atoms with Gasteiger partial charge in [0.25, 0.3) is 0 Å². The third-order valence-corrected chi connectivity index (χ3v) is 3.86. The van der Waals surface area contributed by atoms with Crippen LogP contribution >= 0.6 is 34.8 Å². The van der Waals surface area contributed by atoms with Gasteiger partial charge in [-0.2, -0.15) is 0 Å². The molecule has 5 heteroatoms. The van der Waals surface area contributed by atoms with Gasteiger partial charge in [0.1, 0.15) is 5.82 Å². The Kier molecular flexibility index (Phi) is 5.28. The molecule has 0 fully saturated rings. The van der Waals surface area contributed by atoms with Crippen molar-refractivity contribution in [3.8, 4) is 0 Å². The summed E-state index contributed by atoms with van der Waals surface area (Å²) in [4.78, 5) is 0. The van der Waals surface area contributed by atoms with E-state index in [1.807, 2.05) is 13.0 Å². The van der Waals surface area contributed by atoms with Gasteiger partial charge in [-0.3, -0.25) is 0 Å². The molecule has 2 aromatic rings. The van der Waals surface area contributed by atoms with E-state index in [1.165, 1.54) is 12.1 Å². The van der Waals surface area contributed by atoms with Crippen LogP contribution in [-0.4, -0.2) is 6.54 Å². The topological polar surface area (TPSA) is 12.0 Å². The van der Waals surface area contributed by atoms with E-state index in [4.69, 9.17) is 34.8 Å². The molecule has 106 valence electrons. The normalized spacial score (nSPS) is 12.4. The average molecular weight is 333 g/mol. The Labute approximate surface area is 132 Å². The van der Waals surface area contributed by atoms with Crippen LogP contribution in [-0.2, 0) is 0 Å². The lowest BCUT2D eigenvalue weighted by Gasteiger charge is -2.21. The lowest BCUT2D eigenvalue weighted by atomic mass is 9.98. The molecule has 1 N–H and O–H groups in total. The third kappa shape index (κ3) is 3.44. The molecule has 0 radical (unpaired) electrons. The summed E-state index contributed by atoms with van der Waals surface area (Å²) in [6.07, 6.45) is 0. The van der Waals surface area contributed by atoms with Gasteiger partial charge in [0, 0.05) is 15.1 Å². The summed E-state index contributed by atoms with van der Waals surface area (Å²) in [6, 6.07) is 9.24. The quantitative estimate of drug-likeness (QED) is 0.781. The van der Waals surface area contributed by atoms with Gasteiger partial charge in [-0.1, -0.05) is 47.8 Å². The number of halogens is 4. The summed E-state index contributed by atoms with van der Waals surface area (Å²) >= 11 is 18.3. The van der Waals surface area contributed by atoms with Crippen molar-refractivity contribution in [3.05, 3.63) is 68.4 Å². The van der Waals surface area contributed by atoms with Crippen LogP contribution in [0.2, 0.25) is 15.1 Å². The molecule has 0 amide bonds. The summed E-state index contributed by atoms with van der Waals surface area (Å²) in [7, 11) is 0. The van der Waals surface area contributed by atoms with Crippen molar-refractivity contribution in [1.82, 2.24) is 5.32 Å². The monoisotopic (exact) mass is 331 g/mol. The highest BCUT2D eigenvalue weighted by Gasteiger charge is 2.19. The minimum absolute atomic E-state index is 0.284. The maximum absolute atomic E-state index is 13.5. The number of rotatable bonds is 4. The first-order chi connectivity index (χ1) is 9.52. The van der Waals surface area contributed by atoms with Gasteiger partial charge in [0.05, 0.1) is 6.04 Å². The molecule has 0 aliphatic heterocycles. The van der Waals surface area contributed by atoms with Gasteiger partial charge < -0.3 is 5.32 Å². The molecule has 0 aliphatic carbocycles. The first-order valence-electron chi connectivity index (χ1n) is 6.16. The molecule has 0 spiro atoms. The van der Waals surface area contributed by atoms with Crippen LogP contribution < -0.4 is 5.32 Å². The van der Waals surface area contributed by atoms with Gasteiger partial charge in [0.2, 0.25) is 0 Å². The average Bonchev–Trinajstić information content (AvgIpc) is 2.40. The van der Waals surface area contributed by atoms with E-state index >= 15 is 0 Å². The van der Waals surface area contributed by atoms with Gasteiger partial charge >= 0.3 is 0 Å². The second-order valence-corrected chi connectivity index (χ2v) is 5.57. The van der Waals surface area contributed by atoms with Gasteiger partial charge in [0.15, 0.2) is 0 Å². The third-order valence-electron chi connectivity index (χ3n) is 2.95. The minimum Gasteiger partial charge on any atom is -0.306 e. The fourth-order valence-corrected chi connectivity index (χ4v) is 2.81. The highest BCUT2D eigenvalue weighted by Crippen LogP contribution is 2.34. The fourth-order valence-electron chi connectivity index (χ4n) is 2.06. The van der Waals surface area contributed by atoms with Gasteiger partial charge in [-0.25, -0.2) is 4.39 Å². The SMILES string of the molecule is CCNC(c1ccc(Cl)cc1Cl)c1cc(F)ccc1Cl. The zero-order valence-corrected chi connectivity index (χ0v) is 13.0. The van der Waals surface area contributed by atoms with Crippen molar-refractivity contribution in [3.63, 3.8) is 0 Å². The predicted molar refractivity (Wildman–Crippen MR) is 83.4 cm³/mol. The first kappa shape index (κ1) is 15.6. The van der Waals surface area contributed by atoms with Crippen molar-refractivity contribution in [2.45, 2.75) is 13.0 Å². The molecule has 20 heavy (non-hydrogen) atoms. The van der Waals surface area contributed by atoms with Crippen LogP contribution in [0.25, 0.3) is 0 Å². The van der Waals surface area contributed by atoms with Crippen molar-refractivity contribution in [2.75, 3.05) is 6.54 Å². The lowest BCUT2D eigenvalue weighted by Crippen LogP contribution is -2.22. The van der Waals surface area contributed by atoms with Crippen LogP contribution in [0.4, 0.5) is 4.39 Å². The van der Waals surface area contributed by atoms with Gasteiger partial charge in [-0.05, 0) is 48.0 Å². The van der Waals surface area contributed by atoms with Crippen LogP contribution in [0, 0.1) is 5.82 Å². The highest BCUT2D eigenvalue weighted by atomic mass is 35.5. The molecule has 0 heterocycles. The Bertz CT molecular complexity index is 616. The highest BCUT2D eigenvalue weighted by molar-refractivity contribution is 6.35. The van der Waals surface area contributed by atoms with Crippen LogP contribution in [0.3, 0.4) is 0 Å². The van der Waals surface area contributed by atoms with E-state index in [0.717, 1.165) is 5.56 Å². The zero-order valence-electron chi connectivity index (χ0n) is 10.8. The van der Waals surface area contributed by atoms with Crippen molar-refractivity contribution >= 4 is 34.8 Å². The van der Waals surface area contributed by atoms with E-state index in [2.05, 4.69) is 5.32 Å². The predicted octanol–water partition coefficient (Wildman–Crippen LogP) is 5.48. The van der Waals surface area contributed by atoms with Crippen molar-refractivity contribution < 1.29 is 4.39 Å². The lowest BCUT2D eigenvalue weighted by molar-refractivity contribution is 0.603. The van der Waals surface area contributed by atoms with Crippen LogP contribution in [0.5, 0.6) is 0 Å². The van der Waals surface area contributed by atoms with E-state index in [1.54, 1.807) is 18.2 Å². The van der Waals surface area contributed by atoms with E-state index in [-0.39, 0.29) is 11.9 Å². The van der Waals surface area contributed by atoms with Crippen molar-refractivity contribution in [1.29, 1.82) is 0 Å². The molecular formula is C15H13Cl3FN. The molecule has 2 rings (SSSR count). The molecule has 1 nitrogen and oxygen atoms in total. The standard InChI is InChI=1S/C15H13Cl3FN/c1-2-20-15(11-5-3-9(16)7-14(11)18)12-8-10(19)4-6-13(12)17/h3-8,15,20H,2H2,1H3. The summed E-state index contributed by atoms with van der Waals surface area (Å²) in [6.45, 7) is 2.65. The number of nitrogens with one attached hydrogen (secondary N) is 1. The number of benzene rings is 2. The number of hydrogen-bond donors (Lipinski definition) is 1. The summed E-state index contributed by atoms with van der Waals surface area (Å²) < 4.78 is 13.5. The molecule has 2 aromatic carbocycles. The first-order valence-corrected chi connectivity index (χ1v) is 7.29. The molecule has 0 aliphatic rings. The molecule has 0 bridgehead atoms. The maximum atomic E-state index is 13.5. The Morgan fingerprint density at radius 1 is 1.00 bits per heavy atom. The smallest absolute Gasteiger partial charge is 0.123 e. The van der Waals surface area contributed by atoms with E-state index in [9.17, 15) is 4.39 Å². The Balaban J connectivity index is 2.53. The summed E-state index contributed by atoms with van der Waals surface area (Å²) in [5.74, 6) is -0.336. The fraction of sp³-hybridized carbons (Fsp3) is 0.200. The van der Waals surface area contributed by atoms with Gasteiger partial charge in [-0.15, -0.1) is 0 Å². The van der Waals surface area contributed by atoms with Crippen LogP contribution in [0.1, 0.15) is 24.1 Å². The molecule has 0 saturated carbocycles. The molecule has 0 saturated heterocycles. The second-order valence-electron chi connectivity index (χ2n) is 4.32. The molecule has 1 atom stereocenters. The minimum atomic E-state index is -0.336. The van der Waals surface area contributed by atoms with E-state index in [0.29, 0.717) is 27.2 Å². The molecular weight excluding hydrogens is 320 g/mol. The summed E-state index contributed by atoms with van der Waals surface area (Å²) in [5, 5.41) is 4.83. The largest absolute Gasteiger partial charge is 0.306 e. The second kappa shape index (κ2) is 6.77. The zero-order chi connectivity index (χ0) is 14.7. The Hall–Kier alpha value is -0.800.